The SMILES string of the molecule is O=C(CCc1cc(-c2ccc(C(F)(F)F)cc2)nc(N2CCN(c3ccccc3F)CC2)n1)[C@@H]1CCCN1S(=O)(=O)c1ccc(F)c(F)c1. The van der Waals surface area contributed by atoms with E-state index in [1.807, 2.05) is 9.80 Å². The summed E-state index contributed by atoms with van der Waals surface area (Å²) < 4.78 is 109. The van der Waals surface area contributed by atoms with Crippen molar-refractivity contribution in [3.63, 3.8) is 0 Å². The van der Waals surface area contributed by atoms with Crippen molar-refractivity contribution >= 4 is 27.4 Å². The number of aryl methyl sites for hydroxylation is 1. The van der Waals surface area contributed by atoms with Crippen molar-refractivity contribution in [1.29, 1.82) is 0 Å². The lowest BCUT2D eigenvalue weighted by atomic mass is 10.0. The van der Waals surface area contributed by atoms with E-state index in [0.29, 0.717) is 61.3 Å². The highest BCUT2D eigenvalue weighted by Gasteiger charge is 2.39. The molecule has 0 N–H and O–H groups in total. The molecular weight excluding hydrogens is 672 g/mol. The first-order chi connectivity index (χ1) is 23.3. The first-order valence-electron chi connectivity index (χ1n) is 15.6. The van der Waals surface area contributed by atoms with Gasteiger partial charge in [-0.1, -0.05) is 24.3 Å². The molecule has 0 spiro atoms. The summed E-state index contributed by atoms with van der Waals surface area (Å²) in [6, 6.07) is 13.8. The van der Waals surface area contributed by atoms with E-state index in [-0.39, 0.29) is 37.6 Å². The fourth-order valence-electron chi connectivity index (χ4n) is 6.13. The van der Waals surface area contributed by atoms with E-state index in [1.54, 1.807) is 24.3 Å². The molecule has 1 atom stereocenters. The van der Waals surface area contributed by atoms with Gasteiger partial charge in [-0.3, -0.25) is 4.79 Å². The maximum atomic E-state index is 14.4. The van der Waals surface area contributed by atoms with Crippen LogP contribution in [0.3, 0.4) is 0 Å². The summed E-state index contributed by atoms with van der Waals surface area (Å²) in [5.74, 6) is -2.96. The van der Waals surface area contributed by atoms with Crippen molar-refractivity contribution in [1.82, 2.24) is 14.3 Å². The second-order valence-corrected chi connectivity index (χ2v) is 13.8. The molecule has 1 aromatic heterocycles. The number of sulfonamides is 1. The van der Waals surface area contributed by atoms with Crippen LogP contribution in [0.25, 0.3) is 11.3 Å². The van der Waals surface area contributed by atoms with Crippen molar-refractivity contribution in [2.45, 2.75) is 42.8 Å². The molecule has 49 heavy (non-hydrogen) atoms. The Labute approximate surface area is 279 Å². The second kappa shape index (κ2) is 13.8. The van der Waals surface area contributed by atoms with E-state index >= 15 is 0 Å². The average Bonchev–Trinajstić information content (AvgIpc) is 3.60. The maximum absolute atomic E-state index is 14.4. The number of rotatable bonds is 9. The number of hydrogen-bond acceptors (Lipinski definition) is 7. The topological polar surface area (TPSA) is 86.7 Å². The molecule has 0 saturated carbocycles. The monoisotopic (exact) mass is 703 g/mol. The Balaban J connectivity index is 1.23. The van der Waals surface area contributed by atoms with Crippen LogP contribution in [0.1, 0.15) is 30.5 Å². The van der Waals surface area contributed by atoms with Crippen molar-refractivity contribution in [3.8, 4) is 11.3 Å². The Morgan fingerprint density at radius 3 is 2.16 bits per heavy atom. The first-order valence-corrected chi connectivity index (χ1v) is 17.0. The number of Topliss-reactive ketones (excluding diaryl/α,β-unsaturated/α-hetero) is 1. The lowest BCUT2D eigenvalue weighted by Crippen LogP contribution is -2.47. The van der Waals surface area contributed by atoms with Crippen LogP contribution in [0.4, 0.5) is 38.0 Å². The van der Waals surface area contributed by atoms with Crippen LogP contribution in [0.15, 0.2) is 77.7 Å². The predicted molar refractivity (Wildman–Crippen MR) is 170 cm³/mol. The van der Waals surface area contributed by atoms with Gasteiger partial charge in [-0.05, 0) is 67.8 Å². The molecule has 0 bridgehead atoms. The van der Waals surface area contributed by atoms with Gasteiger partial charge in [-0.25, -0.2) is 31.6 Å². The molecule has 2 saturated heterocycles. The number of aromatic nitrogens is 2. The molecule has 2 aliphatic rings. The smallest absolute Gasteiger partial charge is 0.366 e. The van der Waals surface area contributed by atoms with Gasteiger partial charge >= 0.3 is 6.18 Å². The second-order valence-electron chi connectivity index (χ2n) is 11.9. The minimum atomic E-state index is -4.52. The van der Waals surface area contributed by atoms with Gasteiger partial charge < -0.3 is 9.80 Å². The summed E-state index contributed by atoms with van der Waals surface area (Å²) in [5, 5.41) is 0. The highest BCUT2D eigenvalue weighted by molar-refractivity contribution is 7.89. The van der Waals surface area contributed by atoms with Crippen molar-refractivity contribution < 1.29 is 39.6 Å². The largest absolute Gasteiger partial charge is 0.416 e. The average molecular weight is 704 g/mol. The molecular formula is C34H31F6N5O3S. The molecule has 0 unspecified atom stereocenters. The summed E-state index contributed by atoms with van der Waals surface area (Å²) in [6.45, 7) is 1.77. The van der Waals surface area contributed by atoms with E-state index in [0.717, 1.165) is 28.6 Å². The number of piperazine rings is 1. The normalized spacial score (nSPS) is 17.5. The van der Waals surface area contributed by atoms with E-state index in [9.17, 15) is 39.6 Å². The van der Waals surface area contributed by atoms with E-state index < -0.39 is 50.1 Å². The van der Waals surface area contributed by atoms with E-state index in [1.165, 1.54) is 18.2 Å². The van der Waals surface area contributed by atoms with Crippen LogP contribution in [0.2, 0.25) is 0 Å². The number of carbonyl (C=O) groups excluding carboxylic acids is 1. The van der Waals surface area contributed by atoms with Gasteiger partial charge in [0.05, 0.1) is 27.9 Å². The molecule has 2 fully saturated rings. The van der Waals surface area contributed by atoms with Crippen LogP contribution in [0.5, 0.6) is 0 Å². The summed E-state index contributed by atoms with van der Waals surface area (Å²) >= 11 is 0. The fraction of sp³-hybridized carbons (Fsp3) is 0.324. The quantitative estimate of drug-likeness (QED) is 0.190. The van der Waals surface area contributed by atoms with E-state index in [4.69, 9.17) is 0 Å². The van der Waals surface area contributed by atoms with Gasteiger partial charge in [0.2, 0.25) is 16.0 Å². The molecule has 15 heteroatoms. The lowest BCUT2D eigenvalue weighted by Gasteiger charge is -2.36. The van der Waals surface area contributed by atoms with Gasteiger partial charge in [-0.15, -0.1) is 0 Å². The maximum Gasteiger partial charge on any atom is 0.416 e. The van der Waals surface area contributed by atoms with Crippen molar-refractivity contribution in [3.05, 3.63) is 102 Å². The summed E-state index contributed by atoms with van der Waals surface area (Å²) in [4.78, 5) is 26.1. The fourth-order valence-corrected chi connectivity index (χ4v) is 7.82. The van der Waals surface area contributed by atoms with Crippen molar-refractivity contribution in [2.75, 3.05) is 42.5 Å². The molecule has 3 aromatic carbocycles. The third-order valence-electron chi connectivity index (χ3n) is 8.73. The molecule has 258 valence electrons. The summed E-state index contributed by atoms with van der Waals surface area (Å²) in [6.07, 6.45) is -3.91. The number of carbonyl (C=O) groups is 1. The Morgan fingerprint density at radius 2 is 1.49 bits per heavy atom. The first kappa shape index (κ1) is 34.4. The number of halogens is 6. The molecule has 0 amide bonds. The highest BCUT2D eigenvalue weighted by Crippen LogP contribution is 2.32. The minimum Gasteiger partial charge on any atom is -0.366 e. The van der Waals surface area contributed by atoms with Crippen LogP contribution < -0.4 is 9.80 Å². The number of benzene rings is 3. The molecule has 2 aliphatic heterocycles. The van der Waals surface area contributed by atoms with Gasteiger partial charge in [-0.2, -0.15) is 17.5 Å². The zero-order valence-electron chi connectivity index (χ0n) is 26.0. The highest BCUT2D eigenvalue weighted by atomic mass is 32.2. The number of hydrogen-bond donors (Lipinski definition) is 0. The number of ketones is 1. The lowest BCUT2D eigenvalue weighted by molar-refractivity contribution is -0.137. The van der Waals surface area contributed by atoms with Crippen LogP contribution in [0, 0.1) is 17.5 Å². The standard InChI is InChI=1S/C34H31F6N5O3S/c35-26-13-12-25(21-28(26)37)49(47,48)45-15-3-6-31(45)32(46)14-11-24-20-29(22-7-9-23(10-8-22)34(38,39)40)42-33(41-24)44-18-16-43(17-19-44)30-5-2-1-4-27(30)36/h1-2,4-5,7-10,12-13,20-21,31H,3,6,11,14-19H2/t31-/m0/s1. The summed E-state index contributed by atoms with van der Waals surface area (Å²) in [7, 11) is -4.29. The van der Waals surface area contributed by atoms with E-state index in [2.05, 4.69) is 9.97 Å². The zero-order valence-corrected chi connectivity index (χ0v) is 26.8. The molecule has 3 heterocycles. The third-order valence-corrected chi connectivity index (χ3v) is 10.6. The van der Waals surface area contributed by atoms with Gasteiger partial charge in [0.1, 0.15) is 5.82 Å². The molecule has 6 rings (SSSR count). The third kappa shape index (κ3) is 7.42. The molecule has 0 radical (unpaired) electrons. The van der Waals surface area contributed by atoms with Crippen LogP contribution in [-0.2, 0) is 27.4 Å². The zero-order chi connectivity index (χ0) is 34.9. The molecule has 4 aromatic rings. The summed E-state index contributed by atoms with van der Waals surface area (Å²) in [5.41, 5.74) is 0.793. The predicted octanol–water partition coefficient (Wildman–Crippen LogP) is 6.26. The Kier molecular flexibility index (Phi) is 9.67. The van der Waals surface area contributed by atoms with Crippen molar-refractivity contribution in [2.24, 2.45) is 0 Å². The number of nitrogens with zero attached hydrogens (tertiary/aromatic N) is 5. The van der Waals surface area contributed by atoms with Crippen LogP contribution in [-0.4, -0.2) is 67.2 Å². The van der Waals surface area contributed by atoms with Gasteiger partial charge in [0.15, 0.2) is 17.4 Å². The van der Waals surface area contributed by atoms with Gasteiger partial charge in [0, 0.05) is 50.4 Å². The minimum absolute atomic E-state index is 0.0340. The number of para-hydroxylation sites is 1. The number of anilines is 2. The van der Waals surface area contributed by atoms with Crippen LogP contribution >= 0.6 is 0 Å². The Bertz CT molecular complexity index is 1950. The number of alkyl halides is 3. The Morgan fingerprint density at radius 1 is 0.796 bits per heavy atom. The Hall–Kier alpha value is -4.50. The van der Waals surface area contributed by atoms with Gasteiger partial charge in [0.25, 0.3) is 0 Å². The molecule has 0 aliphatic carbocycles. The molecule has 8 nitrogen and oxygen atoms in total.